The first-order chi connectivity index (χ1) is 40.8. The third kappa shape index (κ3) is 13.6. The lowest BCUT2D eigenvalue weighted by molar-refractivity contribution is 0.280. The van der Waals surface area contributed by atoms with Gasteiger partial charge < -0.3 is 45.0 Å². The Hall–Kier alpha value is -8.35. The number of thiazole rings is 2. The molecule has 6 N–H and O–H groups in total. The van der Waals surface area contributed by atoms with Crippen molar-refractivity contribution in [3.63, 3.8) is 0 Å². The summed E-state index contributed by atoms with van der Waals surface area (Å²) in [6, 6.07) is 28.0. The largest absolute Gasteiger partial charge is 0.494 e. The van der Waals surface area contributed by atoms with Gasteiger partial charge in [-0.15, -0.1) is 32.9 Å². The Morgan fingerprint density at radius 2 is 0.906 bits per heavy atom. The van der Waals surface area contributed by atoms with Crippen LogP contribution in [0.15, 0.2) is 127 Å². The molecule has 28 heteroatoms. The number of azo groups is 2. The molecule has 444 valence electrons. The van der Waals surface area contributed by atoms with Gasteiger partial charge in [0.05, 0.1) is 82.0 Å². The normalized spacial score (nSPS) is 12.0. The van der Waals surface area contributed by atoms with E-state index >= 15 is 0 Å². The number of benzene rings is 6. The van der Waals surface area contributed by atoms with E-state index in [1.807, 2.05) is 39.8 Å². The second-order valence-corrected chi connectivity index (χ2v) is 23.7. The molecule has 0 saturated carbocycles. The molecule has 0 saturated heterocycles. The van der Waals surface area contributed by atoms with Crippen molar-refractivity contribution < 1.29 is 45.6 Å². The Labute approximate surface area is 499 Å². The van der Waals surface area contributed by atoms with Crippen LogP contribution in [0.2, 0.25) is 0 Å². The highest BCUT2D eigenvalue weighted by Gasteiger charge is 2.25. The van der Waals surface area contributed by atoms with Crippen LogP contribution < -0.4 is 34.8 Å². The fraction of sp³-hybridized carbons (Fsp3) is 0.281. The molecule has 0 aliphatic heterocycles. The number of aliphatic hydroxyl groups excluding tert-OH is 2. The number of aryl methyl sites for hydroxylation is 2. The summed E-state index contributed by atoms with van der Waals surface area (Å²) in [5.41, 5.74) is 7.04. The summed E-state index contributed by atoms with van der Waals surface area (Å²) in [5, 5.41) is 46.8. The quantitative estimate of drug-likeness (QED) is 0.0229. The molecule has 3 aromatic heterocycles. The van der Waals surface area contributed by atoms with Gasteiger partial charge in [0.1, 0.15) is 42.7 Å². The number of hydrogen-bond donors (Lipinski definition) is 6. The van der Waals surface area contributed by atoms with Gasteiger partial charge in [-0.1, -0.05) is 12.1 Å². The maximum Gasteiger partial charge on any atom is 0.296 e. The van der Waals surface area contributed by atoms with Crippen LogP contribution in [0.25, 0.3) is 41.6 Å². The van der Waals surface area contributed by atoms with Crippen LogP contribution in [0, 0.1) is 13.8 Å². The van der Waals surface area contributed by atoms with Gasteiger partial charge in [0, 0.05) is 62.5 Å². The molecule has 0 radical (unpaired) electrons. The molecule has 9 aromatic rings. The number of methoxy groups -OCH3 is 2. The number of nitrogens with zero attached hydrogens (tertiary/aromatic N) is 12. The summed E-state index contributed by atoms with van der Waals surface area (Å²) in [7, 11) is -5.87. The lowest BCUT2D eigenvalue weighted by Gasteiger charge is -2.25. The molecule has 24 nitrogen and oxygen atoms in total. The second-order valence-electron chi connectivity index (χ2n) is 19.0. The van der Waals surface area contributed by atoms with Crippen molar-refractivity contribution in [1.29, 1.82) is 0 Å². The van der Waals surface area contributed by atoms with Crippen LogP contribution in [-0.4, -0.2) is 128 Å². The molecule has 0 unspecified atom stereocenters. The van der Waals surface area contributed by atoms with E-state index in [9.17, 15) is 36.2 Å². The molecule has 0 fully saturated rings. The first kappa shape index (κ1) is 61.2. The van der Waals surface area contributed by atoms with Crippen LogP contribution in [-0.2, 0) is 20.2 Å². The Morgan fingerprint density at radius 3 is 1.25 bits per heavy atom. The Morgan fingerprint density at radius 1 is 0.518 bits per heavy atom. The average Bonchev–Trinajstić information content (AvgIpc) is 2.11. The van der Waals surface area contributed by atoms with E-state index < -0.39 is 20.2 Å². The smallest absolute Gasteiger partial charge is 0.296 e. The molecule has 0 atom stereocenters. The number of fused-ring (bicyclic) bond motifs is 2. The third-order valence-electron chi connectivity index (χ3n) is 13.7. The van der Waals surface area contributed by atoms with Gasteiger partial charge >= 0.3 is 0 Å². The summed E-state index contributed by atoms with van der Waals surface area (Å²) in [4.78, 5) is 29.3. The molecular weight excluding hydrogens is 1170 g/mol. The minimum absolute atomic E-state index is 0.0474. The molecule has 0 bridgehead atoms. The first-order valence-electron chi connectivity index (χ1n) is 26.8. The van der Waals surface area contributed by atoms with Gasteiger partial charge in [0.2, 0.25) is 17.8 Å². The van der Waals surface area contributed by atoms with Gasteiger partial charge in [-0.25, -0.2) is 9.97 Å². The van der Waals surface area contributed by atoms with E-state index in [4.69, 9.17) is 34.7 Å². The predicted octanol–water partition coefficient (Wildman–Crippen LogP) is 12.4. The van der Waals surface area contributed by atoms with Gasteiger partial charge in [0.15, 0.2) is 0 Å². The van der Waals surface area contributed by atoms with Gasteiger partial charge in [0.25, 0.3) is 20.2 Å². The van der Waals surface area contributed by atoms with Crippen LogP contribution >= 0.6 is 22.7 Å². The van der Waals surface area contributed by atoms with Gasteiger partial charge in [-0.3, -0.25) is 9.11 Å². The van der Waals surface area contributed by atoms with E-state index in [0.717, 1.165) is 34.0 Å². The minimum atomic E-state index is -4.50. The first-order valence-corrected chi connectivity index (χ1v) is 31.3. The molecule has 0 aliphatic carbocycles. The average molecular weight is 1230 g/mol. The van der Waals surface area contributed by atoms with Crippen LogP contribution in [0.5, 0.6) is 11.5 Å². The van der Waals surface area contributed by atoms with Gasteiger partial charge in [-0.2, -0.15) is 42.0 Å². The van der Waals surface area contributed by atoms with Crippen molar-refractivity contribution in [3.8, 4) is 32.6 Å². The summed E-state index contributed by atoms with van der Waals surface area (Å²) < 4.78 is 81.8. The Kier molecular flexibility index (Phi) is 18.9. The molecule has 85 heavy (non-hydrogen) atoms. The standard InChI is InChI=1S/C57H62N14O10S4/c1-9-69(10-2)45-29-41(43(31-47(45)80-7)67-65-37-19-15-35(16-20-37)53-58-39-23-13-33(5)51(49(39)82-53)84(74,75)76)60-55-62-56(64-57(63-55)71(25-27-72)26-28-73)61-42-30-46(70(11-3)12-4)48(81-8)32-44(42)68-66-38-21-17-36(18-22-38)54-59-40-24-14-34(6)52(50(40)83-54)85(77,78)79/h13-24,29-32,72-73H,9-12,25-28H2,1-8H3,(H,74,75,76)(H,77,78,79)(H2,60,61,62,63,64). The molecule has 6 aromatic carbocycles. The number of aromatic nitrogens is 5. The van der Waals surface area contributed by atoms with Crippen LogP contribution in [0.4, 0.5) is 63.3 Å². The number of nitrogens with one attached hydrogen (secondary N) is 2. The van der Waals surface area contributed by atoms with Gasteiger partial charge in [-0.05, 0) is 125 Å². The highest BCUT2D eigenvalue weighted by Crippen LogP contribution is 2.44. The highest BCUT2D eigenvalue weighted by atomic mass is 32.2. The van der Waals surface area contributed by atoms with Crippen molar-refractivity contribution in [1.82, 2.24) is 24.9 Å². The van der Waals surface area contributed by atoms with Crippen molar-refractivity contribution in [3.05, 3.63) is 108 Å². The number of ether oxygens (including phenoxy) is 2. The third-order valence-corrected chi connectivity index (χ3v) is 18.3. The summed E-state index contributed by atoms with van der Waals surface area (Å²) >= 11 is 2.31. The molecule has 0 amide bonds. The molecule has 9 rings (SSSR count). The Balaban J connectivity index is 1.09. The number of aliphatic hydroxyl groups is 2. The van der Waals surface area contributed by atoms with E-state index in [1.54, 1.807) is 118 Å². The lowest BCUT2D eigenvalue weighted by Crippen LogP contribution is -2.31. The fourth-order valence-corrected chi connectivity index (χ4v) is 14.1. The van der Waals surface area contributed by atoms with Crippen molar-refractivity contribution in [2.45, 2.75) is 51.3 Å². The SMILES string of the molecule is CCN(CC)c1cc(Nc2nc(Nc3cc(N(CC)CC)c(OC)cc3N=Nc3ccc(-c4nc5ccc(C)c(S(=O)(=O)O)c5s4)cc3)nc(N(CCO)CCO)n2)c(N=Nc2ccc(-c3nc4ccc(C)c(S(=O)(=O)O)c4s3)cc2)cc1OC. The van der Waals surface area contributed by atoms with E-state index in [1.165, 1.54) is 0 Å². The van der Waals surface area contributed by atoms with Crippen molar-refractivity contribution in [2.24, 2.45) is 20.5 Å². The molecule has 0 spiro atoms. The predicted molar refractivity (Wildman–Crippen MR) is 333 cm³/mol. The number of hydrogen-bond acceptors (Lipinski definition) is 24. The Bertz CT molecular complexity index is 3930. The number of rotatable bonds is 25. The fourth-order valence-electron chi connectivity index (χ4n) is 9.43. The minimum Gasteiger partial charge on any atom is -0.494 e. The topological polar surface area (TPSA) is 315 Å². The zero-order valence-electron chi connectivity index (χ0n) is 47.6. The summed E-state index contributed by atoms with van der Waals surface area (Å²) in [6.45, 7) is 13.5. The van der Waals surface area contributed by atoms with E-state index in [0.29, 0.717) is 125 Å². The van der Waals surface area contributed by atoms with Crippen LogP contribution in [0.3, 0.4) is 0 Å². The van der Waals surface area contributed by atoms with Crippen molar-refractivity contribution in [2.75, 3.05) is 92.0 Å². The maximum absolute atomic E-state index is 12.3. The molecule has 3 heterocycles. The zero-order chi connectivity index (χ0) is 60.7. The summed E-state index contributed by atoms with van der Waals surface area (Å²) in [6.07, 6.45) is 0. The lowest BCUT2D eigenvalue weighted by atomic mass is 10.2. The van der Waals surface area contributed by atoms with E-state index in [-0.39, 0.29) is 53.9 Å². The monoisotopic (exact) mass is 1230 g/mol. The second kappa shape index (κ2) is 26.3. The molecular formula is C57H62N14O10S4. The van der Waals surface area contributed by atoms with Crippen LogP contribution in [0.1, 0.15) is 38.8 Å². The van der Waals surface area contributed by atoms with E-state index in [2.05, 4.69) is 40.6 Å². The zero-order valence-corrected chi connectivity index (χ0v) is 50.9. The number of anilines is 7. The highest BCUT2D eigenvalue weighted by molar-refractivity contribution is 7.86. The summed E-state index contributed by atoms with van der Waals surface area (Å²) in [5.74, 6) is 1.24. The maximum atomic E-state index is 12.3. The van der Waals surface area contributed by atoms with Crippen molar-refractivity contribution >= 4 is 127 Å². The molecule has 0 aliphatic rings.